The van der Waals surface area contributed by atoms with Crippen LogP contribution in [0.3, 0.4) is 0 Å². The van der Waals surface area contributed by atoms with Crippen LogP contribution in [0.2, 0.25) is 0 Å². The average Bonchev–Trinajstić information content (AvgIpc) is 2.90. The van der Waals surface area contributed by atoms with Crippen molar-refractivity contribution in [3.63, 3.8) is 0 Å². The standard InChI is InChI=1S/C13H15N5O2/c1-18-12(6-7-16-18)13(19)14-8-10-2-4-11(5-3-10)9-15-17-20/h2-7,9,17,20H,8H2,1H3,(H,14,19). The predicted octanol–water partition coefficient (Wildman–Crippen LogP) is 0.663. The van der Waals surface area contributed by atoms with E-state index in [1.54, 1.807) is 24.9 Å². The van der Waals surface area contributed by atoms with E-state index in [0.29, 0.717) is 12.2 Å². The smallest absolute Gasteiger partial charge is 0.269 e. The molecule has 0 unspecified atom stereocenters. The van der Waals surface area contributed by atoms with Crippen LogP contribution in [0, 0.1) is 0 Å². The zero-order valence-corrected chi connectivity index (χ0v) is 10.9. The molecule has 2 aromatic rings. The Hall–Kier alpha value is -2.67. The van der Waals surface area contributed by atoms with Crippen LogP contribution in [0.1, 0.15) is 21.6 Å². The van der Waals surface area contributed by atoms with Crippen LogP contribution < -0.4 is 10.9 Å². The van der Waals surface area contributed by atoms with Gasteiger partial charge in [0.1, 0.15) is 5.69 Å². The van der Waals surface area contributed by atoms with Gasteiger partial charge in [0, 0.05) is 19.8 Å². The third-order valence-corrected chi connectivity index (χ3v) is 2.76. The van der Waals surface area contributed by atoms with Gasteiger partial charge < -0.3 is 5.32 Å². The van der Waals surface area contributed by atoms with Crippen molar-refractivity contribution in [1.82, 2.24) is 20.7 Å². The molecule has 0 bridgehead atoms. The molecule has 0 aliphatic heterocycles. The number of nitrogens with zero attached hydrogens (tertiary/aromatic N) is 3. The number of amides is 1. The molecule has 7 heteroatoms. The molecule has 3 N–H and O–H groups in total. The van der Waals surface area contributed by atoms with Crippen molar-refractivity contribution >= 4 is 12.1 Å². The Balaban J connectivity index is 1.93. The maximum Gasteiger partial charge on any atom is 0.269 e. The maximum absolute atomic E-state index is 11.9. The molecule has 0 aliphatic carbocycles. The molecule has 20 heavy (non-hydrogen) atoms. The van der Waals surface area contributed by atoms with Crippen LogP contribution in [0.25, 0.3) is 0 Å². The summed E-state index contributed by atoms with van der Waals surface area (Å²) in [6.07, 6.45) is 3.07. The monoisotopic (exact) mass is 273 g/mol. The van der Waals surface area contributed by atoms with E-state index < -0.39 is 0 Å². The Morgan fingerprint density at radius 2 is 2.15 bits per heavy atom. The number of rotatable bonds is 5. The van der Waals surface area contributed by atoms with Crippen molar-refractivity contribution < 1.29 is 10.0 Å². The summed E-state index contributed by atoms with van der Waals surface area (Å²) in [5, 5.41) is 18.6. The van der Waals surface area contributed by atoms with Crippen LogP contribution in [-0.2, 0) is 13.6 Å². The zero-order chi connectivity index (χ0) is 14.4. The lowest BCUT2D eigenvalue weighted by molar-refractivity contribution is 0.0941. The van der Waals surface area contributed by atoms with E-state index in [9.17, 15) is 4.79 Å². The molecule has 0 saturated heterocycles. The normalized spacial score (nSPS) is 10.7. The van der Waals surface area contributed by atoms with Crippen LogP contribution >= 0.6 is 0 Å². The molecular formula is C13H15N5O2. The minimum atomic E-state index is -0.167. The van der Waals surface area contributed by atoms with Gasteiger partial charge in [0.15, 0.2) is 0 Å². The van der Waals surface area contributed by atoms with E-state index >= 15 is 0 Å². The number of benzene rings is 1. The van der Waals surface area contributed by atoms with Gasteiger partial charge in [-0.25, -0.2) is 0 Å². The van der Waals surface area contributed by atoms with Gasteiger partial charge in [-0.1, -0.05) is 24.3 Å². The molecule has 1 aromatic heterocycles. The molecule has 1 heterocycles. The Bertz CT molecular complexity index is 603. The highest BCUT2D eigenvalue weighted by Crippen LogP contribution is 2.03. The van der Waals surface area contributed by atoms with Gasteiger partial charge in [-0.15, -0.1) is 0 Å². The Kier molecular flexibility index (Phi) is 4.46. The predicted molar refractivity (Wildman–Crippen MR) is 73.3 cm³/mol. The number of hydrogen-bond acceptors (Lipinski definition) is 5. The van der Waals surface area contributed by atoms with Crippen LogP contribution in [0.15, 0.2) is 41.6 Å². The first-order valence-corrected chi connectivity index (χ1v) is 5.98. The van der Waals surface area contributed by atoms with E-state index in [-0.39, 0.29) is 5.91 Å². The highest BCUT2D eigenvalue weighted by molar-refractivity contribution is 5.92. The molecular weight excluding hydrogens is 258 g/mol. The van der Waals surface area contributed by atoms with E-state index in [1.807, 2.05) is 24.3 Å². The summed E-state index contributed by atoms with van der Waals surface area (Å²) in [5.74, 6) is -0.167. The number of aromatic nitrogens is 2. The van der Waals surface area contributed by atoms with Gasteiger partial charge in [0.05, 0.1) is 6.21 Å². The molecule has 1 amide bonds. The summed E-state index contributed by atoms with van der Waals surface area (Å²) >= 11 is 0. The Morgan fingerprint density at radius 1 is 1.40 bits per heavy atom. The zero-order valence-electron chi connectivity index (χ0n) is 10.9. The van der Waals surface area contributed by atoms with Gasteiger partial charge in [-0.3, -0.25) is 14.7 Å². The number of aryl methyl sites for hydroxylation is 1. The Morgan fingerprint density at radius 3 is 2.75 bits per heavy atom. The molecule has 104 valence electrons. The highest BCUT2D eigenvalue weighted by atomic mass is 16.5. The number of carbonyl (C=O) groups is 1. The van der Waals surface area contributed by atoms with Crippen molar-refractivity contribution in [2.75, 3.05) is 0 Å². The summed E-state index contributed by atoms with van der Waals surface area (Å²) in [5.41, 5.74) is 4.02. The molecule has 1 aromatic carbocycles. The van der Waals surface area contributed by atoms with Crippen molar-refractivity contribution in [1.29, 1.82) is 0 Å². The molecule has 0 fully saturated rings. The van der Waals surface area contributed by atoms with Crippen molar-refractivity contribution in [3.05, 3.63) is 53.3 Å². The minimum absolute atomic E-state index is 0.167. The topological polar surface area (TPSA) is 91.5 Å². The first-order valence-electron chi connectivity index (χ1n) is 5.98. The minimum Gasteiger partial charge on any atom is -0.347 e. The summed E-state index contributed by atoms with van der Waals surface area (Å²) in [4.78, 5) is 11.9. The van der Waals surface area contributed by atoms with Crippen molar-refractivity contribution in [2.45, 2.75) is 6.54 Å². The highest BCUT2D eigenvalue weighted by Gasteiger charge is 2.08. The second kappa shape index (κ2) is 6.48. The van der Waals surface area contributed by atoms with Crippen LogP contribution in [0.4, 0.5) is 0 Å². The second-order valence-corrected chi connectivity index (χ2v) is 4.12. The maximum atomic E-state index is 11.9. The van der Waals surface area contributed by atoms with Crippen LogP contribution in [0.5, 0.6) is 0 Å². The fourth-order valence-electron chi connectivity index (χ4n) is 1.69. The second-order valence-electron chi connectivity index (χ2n) is 4.12. The van der Waals surface area contributed by atoms with E-state index in [4.69, 9.17) is 5.21 Å². The number of nitrogens with one attached hydrogen (secondary N) is 2. The SMILES string of the molecule is Cn1nccc1C(=O)NCc1ccc(C=NNO)cc1. The van der Waals surface area contributed by atoms with Gasteiger partial charge in [-0.05, 0) is 17.2 Å². The first kappa shape index (κ1) is 13.8. The first-order chi connectivity index (χ1) is 9.70. The van der Waals surface area contributed by atoms with Gasteiger partial charge >= 0.3 is 0 Å². The van der Waals surface area contributed by atoms with Crippen molar-refractivity contribution in [3.8, 4) is 0 Å². The third-order valence-electron chi connectivity index (χ3n) is 2.76. The molecule has 0 spiro atoms. The van der Waals surface area contributed by atoms with Crippen molar-refractivity contribution in [2.24, 2.45) is 12.1 Å². The van der Waals surface area contributed by atoms with Gasteiger partial charge in [-0.2, -0.15) is 15.8 Å². The van der Waals surface area contributed by atoms with E-state index in [2.05, 4.69) is 15.5 Å². The summed E-state index contributed by atoms with van der Waals surface area (Å²) in [6, 6.07) is 9.10. The molecule has 7 nitrogen and oxygen atoms in total. The van der Waals surface area contributed by atoms with E-state index in [1.165, 1.54) is 10.9 Å². The van der Waals surface area contributed by atoms with Gasteiger partial charge in [0.2, 0.25) is 0 Å². The quantitative estimate of drug-likeness (QED) is 0.551. The molecule has 0 radical (unpaired) electrons. The molecule has 0 aliphatic rings. The number of hydrazone groups is 1. The third kappa shape index (κ3) is 3.42. The van der Waals surface area contributed by atoms with Gasteiger partial charge in [0.25, 0.3) is 5.91 Å². The molecule has 2 rings (SSSR count). The summed E-state index contributed by atoms with van der Waals surface area (Å²) in [7, 11) is 1.72. The fourth-order valence-corrected chi connectivity index (χ4v) is 1.69. The lowest BCUT2D eigenvalue weighted by atomic mass is 10.1. The summed E-state index contributed by atoms with van der Waals surface area (Å²) < 4.78 is 1.52. The molecule has 0 atom stereocenters. The van der Waals surface area contributed by atoms with Crippen LogP contribution in [-0.4, -0.2) is 27.1 Å². The Labute approximate surface area is 115 Å². The largest absolute Gasteiger partial charge is 0.347 e. The fraction of sp³-hybridized carbons (Fsp3) is 0.154. The van der Waals surface area contributed by atoms with E-state index in [0.717, 1.165) is 11.1 Å². The lowest BCUT2D eigenvalue weighted by Crippen LogP contribution is -2.25. The average molecular weight is 273 g/mol. The summed E-state index contributed by atoms with van der Waals surface area (Å²) in [6.45, 7) is 0.430. The number of hydrogen-bond donors (Lipinski definition) is 3. The lowest BCUT2D eigenvalue weighted by Gasteiger charge is -2.05. The molecule has 0 saturated carbocycles. The number of carbonyl (C=O) groups excluding carboxylic acids is 1.